The van der Waals surface area contributed by atoms with Crippen molar-refractivity contribution in [1.82, 2.24) is 26.2 Å². The Labute approximate surface area is 249 Å². The third kappa shape index (κ3) is 8.47. The zero-order valence-corrected chi connectivity index (χ0v) is 25.6. The molecule has 6 atom stereocenters. The summed E-state index contributed by atoms with van der Waals surface area (Å²) in [5.41, 5.74) is 4.04. The van der Waals surface area contributed by atoms with Crippen LogP contribution >= 0.6 is 0 Å². The fourth-order valence-electron chi connectivity index (χ4n) is 5.62. The van der Waals surface area contributed by atoms with E-state index in [4.69, 9.17) is 5.73 Å². The second-order valence-electron chi connectivity index (χ2n) is 13.2. The van der Waals surface area contributed by atoms with Crippen LogP contribution in [0.25, 0.3) is 0 Å². The minimum absolute atomic E-state index is 0.0814. The van der Waals surface area contributed by atoms with Gasteiger partial charge in [0.15, 0.2) is 0 Å². The van der Waals surface area contributed by atoms with Gasteiger partial charge in [-0.1, -0.05) is 54.5 Å². The lowest BCUT2D eigenvalue weighted by atomic mass is 9.85. The molecule has 0 radical (unpaired) electrons. The number of nitrogens with zero attached hydrogens (tertiary/aromatic N) is 1. The smallest absolute Gasteiger partial charge is 0.368 e. The summed E-state index contributed by atoms with van der Waals surface area (Å²) in [6.45, 7) is 15.3. The number of halogens is 3. The lowest BCUT2D eigenvalue weighted by Crippen LogP contribution is -2.62. The van der Waals surface area contributed by atoms with Crippen LogP contribution < -0.4 is 27.0 Å². The highest BCUT2D eigenvalue weighted by atomic mass is 19.4. The number of Topliss-reactive ketones (excluding diaryl/α,β-unsaturated/α-hetero) is 1. The van der Waals surface area contributed by atoms with Crippen LogP contribution in [0.2, 0.25) is 0 Å². The van der Waals surface area contributed by atoms with E-state index < -0.39 is 89.0 Å². The molecule has 15 heteroatoms. The predicted molar refractivity (Wildman–Crippen MR) is 150 cm³/mol. The van der Waals surface area contributed by atoms with Gasteiger partial charge < -0.3 is 31.9 Å². The fourth-order valence-corrected chi connectivity index (χ4v) is 5.62. The number of urea groups is 1. The molecule has 0 bridgehead atoms. The Morgan fingerprint density at radius 1 is 1.05 bits per heavy atom. The number of alkyl halides is 3. The van der Waals surface area contributed by atoms with E-state index in [9.17, 15) is 41.9 Å². The van der Waals surface area contributed by atoms with Crippen molar-refractivity contribution in [2.24, 2.45) is 34.3 Å². The van der Waals surface area contributed by atoms with E-state index in [2.05, 4.69) is 27.8 Å². The van der Waals surface area contributed by atoms with Crippen LogP contribution in [-0.4, -0.2) is 83.8 Å². The normalized spacial score (nSPS) is 22.9. The van der Waals surface area contributed by atoms with E-state index in [1.54, 1.807) is 34.6 Å². The molecule has 1 aliphatic heterocycles. The summed E-state index contributed by atoms with van der Waals surface area (Å²) in [7, 11) is 0. The number of primary amides is 1. The van der Waals surface area contributed by atoms with Crippen molar-refractivity contribution in [1.29, 1.82) is 0 Å². The highest BCUT2D eigenvalue weighted by molar-refractivity contribution is 6.38. The number of hydrogen-bond acceptors (Lipinski definition) is 6. The first-order chi connectivity index (χ1) is 19.5. The van der Waals surface area contributed by atoms with E-state index in [0.717, 1.165) is 0 Å². The minimum Gasteiger partial charge on any atom is -0.368 e. The monoisotopic (exact) mass is 616 g/mol. The average molecular weight is 617 g/mol. The Morgan fingerprint density at radius 3 is 2.09 bits per heavy atom. The minimum atomic E-state index is -4.90. The standard InChI is InChI=1S/C28H43F3N6O6/c1-9-10-33-23(41)19(38)15(11-28(29,30)31)34-22(40)18-16-14(27(16,7)8)12-37(18)24(42)20(26(4,5)6)36-25(43)35-17(13(2)3)21(32)39/h9,13-18,20H,1,10-12H2,2-8H3,(H2,32,39)(H,33,41)(H,34,40)(H2,35,36,43)/t14-,15?,16-,17-,18-,20+/m0/s1. The Morgan fingerprint density at radius 2 is 1.63 bits per heavy atom. The maximum absolute atomic E-state index is 13.9. The molecule has 242 valence electrons. The molecule has 1 saturated heterocycles. The number of nitrogens with two attached hydrogens (primary N) is 1. The highest BCUT2D eigenvalue weighted by Gasteiger charge is 2.70. The van der Waals surface area contributed by atoms with Gasteiger partial charge in [0.05, 0.1) is 6.42 Å². The first-order valence-corrected chi connectivity index (χ1v) is 14.0. The molecule has 6 N–H and O–H groups in total. The van der Waals surface area contributed by atoms with Crippen LogP contribution in [0, 0.1) is 28.6 Å². The molecule has 1 unspecified atom stereocenters. The molecule has 1 heterocycles. The van der Waals surface area contributed by atoms with E-state index in [1.807, 2.05) is 13.8 Å². The fraction of sp³-hybridized carbons (Fsp3) is 0.714. The van der Waals surface area contributed by atoms with Gasteiger partial charge in [-0.25, -0.2) is 4.79 Å². The zero-order valence-electron chi connectivity index (χ0n) is 25.6. The van der Waals surface area contributed by atoms with Crippen LogP contribution in [0.15, 0.2) is 12.7 Å². The third-order valence-electron chi connectivity index (χ3n) is 8.11. The number of rotatable bonds is 12. The maximum atomic E-state index is 13.9. The molecule has 43 heavy (non-hydrogen) atoms. The van der Waals surface area contributed by atoms with Crippen molar-refractivity contribution in [3.05, 3.63) is 12.7 Å². The molecule has 6 amide bonds. The van der Waals surface area contributed by atoms with Gasteiger partial charge in [0.25, 0.3) is 5.91 Å². The summed E-state index contributed by atoms with van der Waals surface area (Å²) < 4.78 is 40.1. The number of ketones is 1. The SMILES string of the molecule is C=CCNC(=O)C(=O)C(CC(F)(F)F)NC(=O)[C@@H]1[C@@H]2[C@H](CN1C(=O)[C@@H](NC(=O)N[C@H](C(N)=O)C(C)C)C(C)(C)C)C2(C)C. The van der Waals surface area contributed by atoms with Gasteiger partial charge in [0, 0.05) is 13.1 Å². The molecule has 1 saturated carbocycles. The molecule has 1 aliphatic carbocycles. The van der Waals surface area contributed by atoms with Crippen LogP contribution in [-0.2, 0) is 24.0 Å². The lowest BCUT2D eigenvalue weighted by Gasteiger charge is -2.38. The molecule has 0 aromatic rings. The van der Waals surface area contributed by atoms with Crippen molar-refractivity contribution in [3.63, 3.8) is 0 Å². The summed E-state index contributed by atoms with van der Waals surface area (Å²) in [5.74, 6) is -6.24. The molecule has 0 aromatic carbocycles. The Kier molecular flexibility index (Phi) is 10.7. The number of piperidine rings is 1. The van der Waals surface area contributed by atoms with Gasteiger partial charge in [-0.15, -0.1) is 6.58 Å². The second kappa shape index (κ2) is 12.9. The van der Waals surface area contributed by atoms with E-state index in [1.165, 1.54) is 11.0 Å². The first-order valence-electron chi connectivity index (χ1n) is 14.0. The summed E-state index contributed by atoms with van der Waals surface area (Å²) >= 11 is 0. The number of nitrogens with one attached hydrogen (secondary N) is 4. The van der Waals surface area contributed by atoms with Gasteiger partial charge >= 0.3 is 12.2 Å². The largest absolute Gasteiger partial charge is 0.391 e. The number of fused-ring (bicyclic) bond motifs is 1. The molecule has 0 aromatic heterocycles. The maximum Gasteiger partial charge on any atom is 0.391 e. The number of likely N-dealkylation sites (tertiary alicyclic amines) is 1. The third-order valence-corrected chi connectivity index (χ3v) is 8.11. The number of carbonyl (C=O) groups excluding carboxylic acids is 6. The highest BCUT2D eigenvalue weighted by Crippen LogP contribution is 2.65. The summed E-state index contributed by atoms with van der Waals surface area (Å²) in [6, 6.07) is -6.59. The molecule has 2 rings (SSSR count). The molecule has 2 fully saturated rings. The van der Waals surface area contributed by atoms with Crippen LogP contribution in [0.5, 0.6) is 0 Å². The number of amides is 6. The van der Waals surface area contributed by atoms with E-state index in [-0.39, 0.29) is 24.9 Å². The van der Waals surface area contributed by atoms with Crippen molar-refractivity contribution >= 4 is 35.4 Å². The van der Waals surface area contributed by atoms with Gasteiger partial charge in [0.1, 0.15) is 24.2 Å². The van der Waals surface area contributed by atoms with Crippen molar-refractivity contribution in [2.75, 3.05) is 13.1 Å². The van der Waals surface area contributed by atoms with Crippen LogP contribution in [0.3, 0.4) is 0 Å². The van der Waals surface area contributed by atoms with E-state index in [0.29, 0.717) is 0 Å². The van der Waals surface area contributed by atoms with Gasteiger partial charge in [-0.2, -0.15) is 13.2 Å². The Hall–Kier alpha value is -3.65. The van der Waals surface area contributed by atoms with Crippen molar-refractivity contribution in [3.8, 4) is 0 Å². The summed E-state index contributed by atoms with van der Waals surface area (Å²) in [5, 5.41) is 9.21. The quantitative estimate of drug-likeness (QED) is 0.161. The lowest BCUT2D eigenvalue weighted by molar-refractivity contribution is -0.155. The van der Waals surface area contributed by atoms with Crippen LogP contribution in [0.1, 0.15) is 54.9 Å². The molecule has 0 spiro atoms. The Balaban J connectivity index is 2.36. The molecule has 2 aliphatic rings. The predicted octanol–water partition coefficient (Wildman–Crippen LogP) is 1.00. The van der Waals surface area contributed by atoms with Crippen LogP contribution in [0.4, 0.5) is 18.0 Å². The number of carbonyl (C=O) groups is 6. The van der Waals surface area contributed by atoms with Crippen molar-refractivity contribution in [2.45, 2.75) is 85.2 Å². The van der Waals surface area contributed by atoms with Gasteiger partial charge in [0.2, 0.25) is 23.5 Å². The average Bonchev–Trinajstić information content (AvgIpc) is 3.19. The molecular weight excluding hydrogens is 573 g/mol. The molecule has 12 nitrogen and oxygen atoms in total. The first kappa shape index (κ1) is 35.5. The van der Waals surface area contributed by atoms with Crippen molar-refractivity contribution < 1.29 is 41.9 Å². The summed E-state index contributed by atoms with van der Waals surface area (Å²) in [6.07, 6.45) is -5.45. The van der Waals surface area contributed by atoms with E-state index >= 15 is 0 Å². The molecular formula is C28H43F3N6O6. The second-order valence-corrected chi connectivity index (χ2v) is 13.2. The number of hydrogen-bond donors (Lipinski definition) is 5. The topological polar surface area (TPSA) is 180 Å². The Bertz CT molecular complexity index is 1150. The summed E-state index contributed by atoms with van der Waals surface area (Å²) in [4.78, 5) is 78.2. The van der Waals surface area contributed by atoms with Gasteiger partial charge in [-0.05, 0) is 28.6 Å². The zero-order chi connectivity index (χ0) is 33.2. The van der Waals surface area contributed by atoms with Gasteiger partial charge in [-0.3, -0.25) is 24.0 Å².